The van der Waals surface area contributed by atoms with Crippen LogP contribution in [0.15, 0.2) is 35.6 Å². The largest absolute Gasteiger partial charge is 0.495 e. The fraction of sp³-hybridized carbons (Fsp3) is 0.182. The molecule has 0 amide bonds. The van der Waals surface area contributed by atoms with Crippen molar-refractivity contribution < 1.29 is 13.2 Å². The SMILES string of the molecule is COc1cc(N)ccc1S(=O)(=O)NCc1cnc[nH]1. The molecule has 7 nitrogen and oxygen atoms in total. The zero-order chi connectivity index (χ0) is 13.9. The number of hydrogen-bond donors (Lipinski definition) is 3. The second-order valence-electron chi connectivity index (χ2n) is 3.81. The Hall–Kier alpha value is -2.06. The summed E-state index contributed by atoms with van der Waals surface area (Å²) in [5, 5.41) is 0. The molecule has 2 rings (SSSR count). The lowest BCUT2D eigenvalue weighted by Gasteiger charge is -2.10. The van der Waals surface area contributed by atoms with E-state index in [0.717, 1.165) is 0 Å². The highest BCUT2D eigenvalue weighted by Crippen LogP contribution is 2.25. The summed E-state index contributed by atoms with van der Waals surface area (Å²) in [4.78, 5) is 6.66. The molecule has 0 fully saturated rings. The zero-order valence-electron chi connectivity index (χ0n) is 10.3. The Kier molecular flexibility index (Phi) is 3.72. The summed E-state index contributed by atoms with van der Waals surface area (Å²) >= 11 is 0. The van der Waals surface area contributed by atoms with E-state index in [1.165, 1.54) is 31.6 Å². The smallest absolute Gasteiger partial charge is 0.244 e. The molecule has 1 aromatic heterocycles. The van der Waals surface area contributed by atoms with Crippen LogP contribution in [0.2, 0.25) is 0 Å². The third kappa shape index (κ3) is 3.04. The third-order valence-corrected chi connectivity index (χ3v) is 3.93. The summed E-state index contributed by atoms with van der Waals surface area (Å²) in [5.74, 6) is 0.206. The summed E-state index contributed by atoms with van der Waals surface area (Å²) in [7, 11) is -2.28. The molecule has 8 heteroatoms. The van der Waals surface area contributed by atoms with Gasteiger partial charge in [0.2, 0.25) is 10.0 Å². The average Bonchev–Trinajstić information content (AvgIpc) is 2.89. The summed E-state index contributed by atoms with van der Waals surface area (Å²) in [6.07, 6.45) is 3.02. The number of rotatable bonds is 5. The van der Waals surface area contributed by atoms with Gasteiger partial charge in [0, 0.05) is 23.6 Å². The quantitative estimate of drug-likeness (QED) is 0.691. The second kappa shape index (κ2) is 5.29. The molecular weight excluding hydrogens is 268 g/mol. The number of methoxy groups -OCH3 is 1. The fourth-order valence-corrected chi connectivity index (χ4v) is 2.69. The van der Waals surface area contributed by atoms with Crippen LogP contribution in [0.1, 0.15) is 5.69 Å². The lowest BCUT2D eigenvalue weighted by molar-refractivity contribution is 0.402. The number of aromatic amines is 1. The molecule has 1 heterocycles. The van der Waals surface area contributed by atoms with E-state index < -0.39 is 10.0 Å². The molecule has 0 aliphatic rings. The first-order valence-corrected chi connectivity index (χ1v) is 6.91. The van der Waals surface area contributed by atoms with Crippen molar-refractivity contribution in [1.82, 2.24) is 14.7 Å². The van der Waals surface area contributed by atoms with Crippen LogP contribution in [-0.2, 0) is 16.6 Å². The molecule has 0 unspecified atom stereocenters. The second-order valence-corrected chi connectivity index (χ2v) is 5.55. The van der Waals surface area contributed by atoms with Crippen LogP contribution in [0, 0.1) is 0 Å². The average molecular weight is 282 g/mol. The van der Waals surface area contributed by atoms with Crippen LogP contribution in [0.4, 0.5) is 5.69 Å². The van der Waals surface area contributed by atoms with Crippen molar-refractivity contribution in [3.63, 3.8) is 0 Å². The number of sulfonamides is 1. The van der Waals surface area contributed by atoms with Gasteiger partial charge in [-0.25, -0.2) is 18.1 Å². The van der Waals surface area contributed by atoms with Gasteiger partial charge in [-0.15, -0.1) is 0 Å². The van der Waals surface area contributed by atoms with E-state index in [1.807, 2.05) is 0 Å². The number of H-pyrrole nitrogens is 1. The van der Waals surface area contributed by atoms with Gasteiger partial charge < -0.3 is 15.5 Å². The highest BCUT2D eigenvalue weighted by molar-refractivity contribution is 7.89. The van der Waals surface area contributed by atoms with Crippen molar-refractivity contribution in [1.29, 1.82) is 0 Å². The summed E-state index contributed by atoms with van der Waals surface area (Å²) < 4.78 is 31.8. The predicted molar refractivity (Wildman–Crippen MR) is 70.0 cm³/mol. The number of hydrogen-bond acceptors (Lipinski definition) is 5. The number of benzene rings is 1. The lowest BCUT2D eigenvalue weighted by Crippen LogP contribution is -2.24. The van der Waals surface area contributed by atoms with Crippen molar-refractivity contribution in [2.24, 2.45) is 0 Å². The van der Waals surface area contributed by atoms with Crippen molar-refractivity contribution in [3.8, 4) is 5.75 Å². The summed E-state index contributed by atoms with van der Waals surface area (Å²) in [6, 6.07) is 4.38. The van der Waals surface area contributed by atoms with Crippen molar-refractivity contribution in [2.45, 2.75) is 11.4 Å². The van der Waals surface area contributed by atoms with Gasteiger partial charge in [-0.2, -0.15) is 0 Å². The van der Waals surface area contributed by atoms with Gasteiger partial charge >= 0.3 is 0 Å². The molecule has 0 atom stereocenters. The lowest BCUT2D eigenvalue weighted by atomic mass is 10.3. The van der Waals surface area contributed by atoms with Gasteiger partial charge in [-0.3, -0.25) is 0 Å². The van der Waals surface area contributed by atoms with Gasteiger partial charge in [0.25, 0.3) is 0 Å². The van der Waals surface area contributed by atoms with Crippen LogP contribution in [0.5, 0.6) is 5.75 Å². The summed E-state index contributed by atoms with van der Waals surface area (Å²) in [5.41, 5.74) is 6.69. The Morgan fingerprint density at radius 1 is 1.47 bits per heavy atom. The van der Waals surface area contributed by atoms with Gasteiger partial charge in [0.05, 0.1) is 20.0 Å². The molecular formula is C11H14N4O3S. The maximum atomic E-state index is 12.2. The molecule has 2 aromatic rings. The number of nitrogen functional groups attached to an aromatic ring is 1. The van der Waals surface area contributed by atoms with E-state index >= 15 is 0 Å². The number of nitrogens with zero attached hydrogens (tertiary/aromatic N) is 1. The third-order valence-electron chi connectivity index (χ3n) is 2.48. The molecule has 0 saturated carbocycles. The fourth-order valence-electron chi connectivity index (χ4n) is 1.54. The van der Waals surface area contributed by atoms with Gasteiger partial charge in [-0.05, 0) is 12.1 Å². The Morgan fingerprint density at radius 2 is 2.26 bits per heavy atom. The molecule has 1 aromatic carbocycles. The number of nitrogens with two attached hydrogens (primary N) is 1. The van der Waals surface area contributed by atoms with Gasteiger partial charge in [0.15, 0.2) is 0 Å². The molecule has 0 radical (unpaired) electrons. The molecule has 0 aliphatic heterocycles. The highest BCUT2D eigenvalue weighted by Gasteiger charge is 2.19. The van der Waals surface area contributed by atoms with Crippen LogP contribution < -0.4 is 15.2 Å². The number of imidazole rings is 1. The number of anilines is 1. The van der Waals surface area contributed by atoms with Crippen LogP contribution in [0.3, 0.4) is 0 Å². The number of ether oxygens (including phenoxy) is 1. The van der Waals surface area contributed by atoms with E-state index in [9.17, 15) is 8.42 Å². The van der Waals surface area contributed by atoms with E-state index in [-0.39, 0.29) is 17.2 Å². The predicted octanol–water partition coefficient (Wildman–Crippen LogP) is 0.479. The Morgan fingerprint density at radius 3 is 2.89 bits per heavy atom. The molecule has 19 heavy (non-hydrogen) atoms. The first kappa shape index (κ1) is 13.4. The maximum absolute atomic E-state index is 12.2. The van der Waals surface area contributed by atoms with Crippen molar-refractivity contribution >= 4 is 15.7 Å². The van der Waals surface area contributed by atoms with Crippen LogP contribution in [0.25, 0.3) is 0 Å². The minimum atomic E-state index is -3.67. The van der Waals surface area contributed by atoms with Crippen molar-refractivity contribution in [3.05, 3.63) is 36.4 Å². The van der Waals surface area contributed by atoms with E-state index in [1.54, 1.807) is 6.20 Å². The van der Waals surface area contributed by atoms with Crippen LogP contribution in [-0.4, -0.2) is 25.5 Å². The Bertz CT molecular complexity index is 653. The zero-order valence-corrected chi connectivity index (χ0v) is 11.1. The van der Waals surface area contributed by atoms with Gasteiger partial charge in [0.1, 0.15) is 10.6 Å². The monoisotopic (exact) mass is 282 g/mol. The molecule has 0 spiro atoms. The Balaban J connectivity index is 2.24. The highest BCUT2D eigenvalue weighted by atomic mass is 32.2. The van der Waals surface area contributed by atoms with Crippen molar-refractivity contribution in [2.75, 3.05) is 12.8 Å². The normalized spacial score (nSPS) is 11.4. The minimum absolute atomic E-state index is 0.0451. The van der Waals surface area contributed by atoms with E-state index in [0.29, 0.717) is 11.4 Å². The topological polar surface area (TPSA) is 110 Å². The first-order valence-electron chi connectivity index (χ1n) is 5.43. The van der Waals surface area contributed by atoms with E-state index in [2.05, 4.69) is 14.7 Å². The minimum Gasteiger partial charge on any atom is -0.495 e. The summed E-state index contributed by atoms with van der Waals surface area (Å²) in [6.45, 7) is 0.121. The molecule has 102 valence electrons. The maximum Gasteiger partial charge on any atom is 0.244 e. The standard InChI is InChI=1S/C11H14N4O3S/c1-18-10-4-8(12)2-3-11(10)19(16,17)15-6-9-5-13-7-14-9/h2-5,7,15H,6,12H2,1H3,(H,13,14). The molecule has 0 bridgehead atoms. The number of nitrogens with one attached hydrogen (secondary N) is 2. The first-order chi connectivity index (χ1) is 9.03. The Labute approximate surface area is 110 Å². The van der Waals surface area contributed by atoms with Crippen LogP contribution >= 0.6 is 0 Å². The molecule has 0 aliphatic carbocycles. The van der Waals surface area contributed by atoms with E-state index in [4.69, 9.17) is 10.5 Å². The van der Waals surface area contributed by atoms with Gasteiger partial charge in [-0.1, -0.05) is 0 Å². The molecule has 4 N–H and O–H groups in total. The number of aromatic nitrogens is 2. The molecule has 0 saturated heterocycles.